The zero-order valence-electron chi connectivity index (χ0n) is 9.28. The zero-order chi connectivity index (χ0) is 12.0. The number of hydrogen-bond donors (Lipinski definition) is 1. The Balaban J connectivity index is 2.64. The standard InChI is InChI=1S/C11H16BrNO2S/c1-3-4-13(5-6-14)8-9-7-10(12)11(15-2)16-9/h3,7,14H,1,4-6,8H2,2H3. The molecule has 0 aliphatic rings. The predicted molar refractivity (Wildman–Crippen MR) is 71.1 cm³/mol. The molecule has 1 N–H and O–H groups in total. The van der Waals surface area contributed by atoms with Gasteiger partial charge < -0.3 is 9.84 Å². The minimum Gasteiger partial charge on any atom is -0.486 e. The van der Waals surface area contributed by atoms with Crippen molar-refractivity contribution in [2.75, 3.05) is 26.8 Å². The van der Waals surface area contributed by atoms with Crippen molar-refractivity contribution in [1.82, 2.24) is 4.90 Å². The van der Waals surface area contributed by atoms with Crippen molar-refractivity contribution in [3.8, 4) is 5.06 Å². The first-order valence-corrected chi connectivity index (χ1v) is 6.58. The molecule has 0 unspecified atom stereocenters. The number of thiophene rings is 1. The summed E-state index contributed by atoms with van der Waals surface area (Å²) in [5.74, 6) is 0. The molecule has 0 saturated heterocycles. The zero-order valence-corrected chi connectivity index (χ0v) is 11.7. The molecule has 0 bridgehead atoms. The molecule has 0 aliphatic carbocycles. The third-order valence-electron chi connectivity index (χ3n) is 2.07. The average molecular weight is 306 g/mol. The van der Waals surface area contributed by atoms with Gasteiger partial charge in [0.25, 0.3) is 0 Å². The SMILES string of the molecule is C=CCN(CCO)Cc1cc(Br)c(OC)s1. The van der Waals surface area contributed by atoms with Crippen LogP contribution < -0.4 is 4.74 Å². The molecule has 0 amide bonds. The molecule has 1 aromatic rings. The van der Waals surface area contributed by atoms with Gasteiger partial charge >= 0.3 is 0 Å². The lowest BCUT2D eigenvalue weighted by molar-refractivity contribution is 0.204. The van der Waals surface area contributed by atoms with Crippen LogP contribution in [0.5, 0.6) is 5.06 Å². The molecule has 1 aromatic heterocycles. The van der Waals surface area contributed by atoms with Crippen molar-refractivity contribution in [3.63, 3.8) is 0 Å². The average Bonchev–Trinajstić information content (AvgIpc) is 2.59. The van der Waals surface area contributed by atoms with Crippen LogP contribution in [0.1, 0.15) is 4.88 Å². The highest BCUT2D eigenvalue weighted by molar-refractivity contribution is 9.10. The minimum absolute atomic E-state index is 0.164. The van der Waals surface area contributed by atoms with Crippen LogP contribution in [0.25, 0.3) is 0 Å². The van der Waals surface area contributed by atoms with E-state index in [0.29, 0.717) is 6.54 Å². The van der Waals surface area contributed by atoms with E-state index in [-0.39, 0.29) is 6.61 Å². The van der Waals surface area contributed by atoms with Gasteiger partial charge in [0.15, 0.2) is 5.06 Å². The maximum Gasteiger partial charge on any atom is 0.188 e. The Morgan fingerprint density at radius 1 is 1.69 bits per heavy atom. The summed E-state index contributed by atoms with van der Waals surface area (Å²) < 4.78 is 6.19. The minimum atomic E-state index is 0.164. The Hall–Kier alpha value is -0.360. The number of rotatable bonds is 7. The summed E-state index contributed by atoms with van der Waals surface area (Å²) in [6.45, 7) is 6.11. The van der Waals surface area contributed by atoms with Crippen LogP contribution in [0.2, 0.25) is 0 Å². The Morgan fingerprint density at radius 2 is 2.44 bits per heavy atom. The van der Waals surface area contributed by atoms with E-state index in [0.717, 1.165) is 22.6 Å². The summed E-state index contributed by atoms with van der Waals surface area (Å²) in [7, 11) is 1.66. The molecule has 0 radical (unpaired) electrons. The maximum atomic E-state index is 8.94. The van der Waals surface area contributed by atoms with Gasteiger partial charge in [0.2, 0.25) is 0 Å². The molecule has 1 heterocycles. The molecular weight excluding hydrogens is 290 g/mol. The lowest BCUT2D eigenvalue weighted by Gasteiger charge is -2.17. The largest absolute Gasteiger partial charge is 0.486 e. The molecule has 1 rings (SSSR count). The summed E-state index contributed by atoms with van der Waals surface area (Å²) in [4.78, 5) is 3.34. The summed E-state index contributed by atoms with van der Waals surface area (Å²) >= 11 is 5.06. The van der Waals surface area contributed by atoms with Gasteiger partial charge in [-0.1, -0.05) is 6.08 Å². The van der Waals surface area contributed by atoms with Gasteiger partial charge in [0.05, 0.1) is 18.2 Å². The fourth-order valence-corrected chi connectivity index (χ4v) is 3.13. The fraction of sp³-hybridized carbons (Fsp3) is 0.455. The molecular formula is C11H16BrNO2S. The topological polar surface area (TPSA) is 32.7 Å². The molecule has 0 spiro atoms. The van der Waals surface area contributed by atoms with Crippen molar-refractivity contribution < 1.29 is 9.84 Å². The normalized spacial score (nSPS) is 10.8. The van der Waals surface area contributed by atoms with E-state index in [4.69, 9.17) is 9.84 Å². The molecule has 16 heavy (non-hydrogen) atoms. The Bertz CT molecular complexity index is 341. The molecule has 90 valence electrons. The van der Waals surface area contributed by atoms with Crippen molar-refractivity contribution in [3.05, 3.63) is 28.1 Å². The third kappa shape index (κ3) is 3.90. The fourth-order valence-electron chi connectivity index (χ4n) is 1.39. The van der Waals surface area contributed by atoms with E-state index >= 15 is 0 Å². The molecule has 0 aromatic carbocycles. The number of nitrogens with zero attached hydrogens (tertiary/aromatic N) is 1. The Morgan fingerprint density at radius 3 is 2.94 bits per heavy atom. The lowest BCUT2D eigenvalue weighted by Crippen LogP contribution is -2.26. The van der Waals surface area contributed by atoms with E-state index in [1.165, 1.54) is 4.88 Å². The quantitative estimate of drug-likeness (QED) is 0.786. The van der Waals surface area contributed by atoms with E-state index in [2.05, 4.69) is 33.5 Å². The third-order valence-corrected chi connectivity index (χ3v) is 4.01. The number of hydrogen-bond acceptors (Lipinski definition) is 4. The monoisotopic (exact) mass is 305 g/mol. The smallest absolute Gasteiger partial charge is 0.188 e. The molecule has 0 saturated carbocycles. The number of halogens is 1. The molecule has 0 fully saturated rings. The first-order valence-electron chi connectivity index (χ1n) is 4.97. The van der Waals surface area contributed by atoms with Crippen LogP contribution >= 0.6 is 27.3 Å². The van der Waals surface area contributed by atoms with Crippen LogP contribution in [0.15, 0.2) is 23.2 Å². The molecule has 5 heteroatoms. The molecule has 0 aliphatic heterocycles. The van der Waals surface area contributed by atoms with Gasteiger partial charge in [-0.05, 0) is 22.0 Å². The highest BCUT2D eigenvalue weighted by Gasteiger charge is 2.10. The van der Waals surface area contributed by atoms with Crippen LogP contribution in [-0.4, -0.2) is 36.8 Å². The van der Waals surface area contributed by atoms with Crippen LogP contribution in [0.3, 0.4) is 0 Å². The summed E-state index contributed by atoms with van der Waals surface area (Å²) in [6, 6.07) is 2.05. The Kier molecular flexibility index (Phi) is 6.05. The van der Waals surface area contributed by atoms with E-state index in [1.54, 1.807) is 18.4 Å². The summed E-state index contributed by atoms with van der Waals surface area (Å²) in [5.41, 5.74) is 0. The van der Waals surface area contributed by atoms with Gasteiger partial charge in [-0.25, -0.2) is 0 Å². The van der Waals surface area contributed by atoms with E-state index in [9.17, 15) is 0 Å². The number of ether oxygens (including phenoxy) is 1. The van der Waals surface area contributed by atoms with Gasteiger partial charge in [-0.2, -0.15) is 0 Å². The van der Waals surface area contributed by atoms with Crippen LogP contribution in [0, 0.1) is 0 Å². The van der Waals surface area contributed by atoms with Crippen LogP contribution in [-0.2, 0) is 6.54 Å². The predicted octanol–water partition coefficient (Wildman–Crippen LogP) is 2.50. The van der Waals surface area contributed by atoms with Gasteiger partial charge in [0.1, 0.15) is 0 Å². The molecule has 0 atom stereocenters. The summed E-state index contributed by atoms with van der Waals surface area (Å²) in [5, 5.41) is 9.83. The van der Waals surface area contributed by atoms with Gasteiger partial charge in [-0.3, -0.25) is 4.90 Å². The van der Waals surface area contributed by atoms with Gasteiger partial charge in [-0.15, -0.1) is 17.9 Å². The summed E-state index contributed by atoms with van der Waals surface area (Å²) in [6.07, 6.45) is 1.84. The maximum absolute atomic E-state index is 8.94. The second-order valence-corrected chi connectivity index (χ2v) is 5.25. The first-order chi connectivity index (χ1) is 7.71. The molecule has 3 nitrogen and oxygen atoms in total. The van der Waals surface area contributed by atoms with E-state index in [1.807, 2.05) is 6.08 Å². The Labute approximate surface area is 108 Å². The van der Waals surface area contributed by atoms with Crippen molar-refractivity contribution >= 4 is 27.3 Å². The highest BCUT2D eigenvalue weighted by Crippen LogP contribution is 2.35. The van der Waals surface area contributed by atoms with Gasteiger partial charge in [0, 0.05) is 24.5 Å². The highest BCUT2D eigenvalue weighted by atomic mass is 79.9. The number of methoxy groups -OCH3 is 1. The van der Waals surface area contributed by atoms with Crippen LogP contribution in [0.4, 0.5) is 0 Å². The number of aliphatic hydroxyl groups excluding tert-OH is 1. The second-order valence-electron chi connectivity index (χ2n) is 3.30. The lowest BCUT2D eigenvalue weighted by atomic mass is 10.4. The van der Waals surface area contributed by atoms with Crippen molar-refractivity contribution in [2.45, 2.75) is 6.54 Å². The van der Waals surface area contributed by atoms with Crippen molar-refractivity contribution in [1.29, 1.82) is 0 Å². The number of aliphatic hydroxyl groups is 1. The van der Waals surface area contributed by atoms with E-state index < -0.39 is 0 Å². The first kappa shape index (κ1) is 13.7. The second kappa shape index (κ2) is 7.06. The van der Waals surface area contributed by atoms with Crippen molar-refractivity contribution in [2.24, 2.45) is 0 Å².